The first-order valence-electron chi connectivity index (χ1n) is 12.3. The fourth-order valence-corrected chi connectivity index (χ4v) is 4.45. The van der Waals surface area contributed by atoms with Crippen molar-refractivity contribution in [3.63, 3.8) is 0 Å². The number of carbonyl (C=O) groups excluding carboxylic acids is 3. The number of amidine groups is 1. The molecule has 3 N–H and O–H groups in total. The first-order chi connectivity index (χ1) is 17.3. The van der Waals surface area contributed by atoms with Crippen LogP contribution in [0.2, 0.25) is 0 Å². The molecule has 0 aliphatic carbocycles. The number of imide groups is 1. The molecule has 2 aromatic carbocycles. The summed E-state index contributed by atoms with van der Waals surface area (Å²) in [6.45, 7) is 10.9. The van der Waals surface area contributed by atoms with Crippen LogP contribution < -0.4 is 5.73 Å². The second-order valence-corrected chi connectivity index (χ2v) is 10.8. The van der Waals surface area contributed by atoms with Gasteiger partial charge >= 0.3 is 12.0 Å². The number of urea groups is 1. The third-order valence-corrected chi connectivity index (χ3v) is 6.33. The average Bonchev–Trinajstić information content (AvgIpc) is 3.02. The monoisotopic (exact) mass is 508 g/mol. The molecule has 3 rings (SSSR count). The van der Waals surface area contributed by atoms with Gasteiger partial charge in [0, 0.05) is 12.1 Å². The molecule has 1 aliphatic rings. The zero-order chi connectivity index (χ0) is 27.5. The topological polar surface area (TPSA) is 126 Å². The molecule has 2 aromatic rings. The van der Waals surface area contributed by atoms with Crippen molar-refractivity contribution in [1.82, 2.24) is 9.80 Å². The number of hydrogen-bond donors (Lipinski definition) is 2. The van der Waals surface area contributed by atoms with Gasteiger partial charge in [0.1, 0.15) is 17.2 Å². The van der Waals surface area contributed by atoms with Gasteiger partial charge in [0.05, 0.1) is 0 Å². The van der Waals surface area contributed by atoms with Crippen molar-refractivity contribution in [2.24, 2.45) is 16.8 Å². The van der Waals surface area contributed by atoms with Gasteiger partial charge in [0.2, 0.25) is 0 Å². The zero-order valence-corrected chi connectivity index (χ0v) is 22.3. The second kappa shape index (κ2) is 10.6. The van der Waals surface area contributed by atoms with E-state index in [2.05, 4.69) is 5.16 Å². The molecule has 198 valence electrons. The van der Waals surface area contributed by atoms with Gasteiger partial charge in [-0.05, 0) is 51.2 Å². The second-order valence-electron chi connectivity index (χ2n) is 10.8. The molecule has 1 saturated heterocycles. The number of carbonyl (C=O) groups is 3. The van der Waals surface area contributed by atoms with Crippen LogP contribution in [-0.4, -0.2) is 50.4 Å². The van der Waals surface area contributed by atoms with Crippen LogP contribution in [0.25, 0.3) is 0 Å². The van der Waals surface area contributed by atoms with E-state index >= 15 is 0 Å². The lowest BCUT2D eigenvalue weighted by Crippen LogP contribution is -2.49. The molecule has 9 heteroatoms. The molecule has 0 spiro atoms. The van der Waals surface area contributed by atoms with E-state index in [1.54, 1.807) is 52.0 Å². The molecular formula is C28H36N4O5. The van der Waals surface area contributed by atoms with Crippen LogP contribution in [0.4, 0.5) is 4.79 Å². The molecule has 2 unspecified atom stereocenters. The quantitative estimate of drug-likeness (QED) is 0.137. The maximum absolute atomic E-state index is 14.2. The van der Waals surface area contributed by atoms with Gasteiger partial charge in [0.25, 0.3) is 5.91 Å². The lowest BCUT2D eigenvalue weighted by Gasteiger charge is -2.32. The van der Waals surface area contributed by atoms with E-state index in [1.807, 2.05) is 44.2 Å². The predicted molar refractivity (Wildman–Crippen MR) is 140 cm³/mol. The number of hydrogen-bond acceptors (Lipinski definition) is 6. The molecule has 37 heavy (non-hydrogen) atoms. The SMILES string of the molecule is CC(C)CC(C(=O)OC(C)(C)C)N1C(=O)N(Cc2ccccc2)C(C)(c2ccc(C(N)=NO)cc2)C1=O. The highest BCUT2D eigenvalue weighted by molar-refractivity contribution is 6.09. The van der Waals surface area contributed by atoms with E-state index in [0.717, 1.165) is 10.5 Å². The van der Waals surface area contributed by atoms with Crippen molar-refractivity contribution in [2.75, 3.05) is 0 Å². The minimum absolute atomic E-state index is 0.0209. The normalized spacial score (nSPS) is 19.5. The summed E-state index contributed by atoms with van der Waals surface area (Å²) in [7, 11) is 0. The van der Waals surface area contributed by atoms with Crippen molar-refractivity contribution in [2.45, 2.75) is 71.7 Å². The van der Waals surface area contributed by atoms with Crippen LogP contribution >= 0.6 is 0 Å². The lowest BCUT2D eigenvalue weighted by atomic mass is 9.88. The van der Waals surface area contributed by atoms with Crippen molar-refractivity contribution in [3.05, 3.63) is 71.3 Å². The minimum Gasteiger partial charge on any atom is -0.458 e. The number of benzene rings is 2. The largest absolute Gasteiger partial charge is 0.458 e. The predicted octanol–water partition coefficient (Wildman–Crippen LogP) is 4.22. The van der Waals surface area contributed by atoms with Crippen LogP contribution in [0, 0.1) is 5.92 Å². The highest BCUT2D eigenvalue weighted by Crippen LogP contribution is 2.40. The zero-order valence-electron chi connectivity index (χ0n) is 22.3. The van der Waals surface area contributed by atoms with Crippen molar-refractivity contribution < 1.29 is 24.3 Å². The summed E-state index contributed by atoms with van der Waals surface area (Å²) in [5, 5.41) is 12.0. The fraction of sp³-hybridized carbons (Fsp3) is 0.429. The number of nitrogens with zero attached hydrogens (tertiary/aromatic N) is 3. The Morgan fingerprint density at radius 1 is 1.08 bits per heavy atom. The van der Waals surface area contributed by atoms with Gasteiger partial charge in [0.15, 0.2) is 5.84 Å². The summed E-state index contributed by atoms with van der Waals surface area (Å²) in [6, 6.07) is 14.3. The molecule has 9 nitrogen and oxygen atoms in total. The fourth-order valence-electron chi connectivity index (χ4n) is 4.45. The Balaban J connectivity index is 2.12. The number of oxime groups is 1. The summed E-state index contributed by atoms with van der Waals surface area (Å²) >= 11 is 0. The molecule has 0 bridgehead atoms. The minimum atomic E-state index is -1.41. The Morgan fingerprint density at radius 3 is 2.19 bits per heavy atom. The van der Waals surface area contributed by atoms with E-state index < -0.39 is 35.1 Å². The molecule has 1 fully saturated rings. The van der Waals surface area contributed by atoms with E-state index in [4.69, 9.17) is 15.7 Å². The first kappa shape index (κ1) is 27.7. The number of esters is 1. The standard InChI is InChI=1S/C28H36N4O5/c1-18(2)16-22(24(33)37-27(3,4)5)32-25(34)28(6,21-14-12-20(13-15-21)23(29)30-36)31(26(32)35)17-19-10-8-7-9-11-19/h7-15,18,22,36H,16-17H2,1-6H3,(H2,29,30). The summed E-state index contributed by atoms with van der Waals surface area (Å²) in [5.41, 5.74) is 5.35. The van der Waals surface area contributed by atoms with E-state index in [9.17, 15) is 14.4 Å². The van der Waals surface area contributed by atoms with E-state index in [1.165, 1.54) is 4.90 Å². The third-order valence-electron chi connectivity index (χ3n) is 6.33. The van der Waals surface area contributed by atoms with Crippen molar-refractivity contribution >= 4 is 23.7 Å². The maximum atomic E-state index is 14.2. The summed E-state index contributed by atoms with van der Waals surface area (Å²) in [4.78, 5) is 44.0. The summed E-state index contributed by atoms with van der Waals surface area (Å²) in [6.07, 6.45) is 0.268. The third kappa shape index (κ3) is 5.76. The van der Waals surface area contributed by atoms with Crippen molar-refractivity contribution in [1.29, 1.82) is 0 Å². The summed E-state index contributed by atoms with van der Waals surface area (Å²) in [5.74, 6) is -1.18. The first-order valence-corrected chi connectivity index (χ1v) is 12.3. The number of rotatable bonds is 8. The number of ether oxygens (including phenoxy) is 1. The van der Waals surface area contributed by atoms with Crippen molar-refractivity contribution in [3.8, 4) is 0 Å². The average molecular weight is 509 g/mol. The molecule has 1 aliphatic heterocycles. The van der Waals surface area contributed by atoms with Gasteiger partial charge in [-0.25, -0.2) is 14.5 Å². The molecule has 2 atom stereocenters. The van der Waals surface area contributed by atoms with Crippen LogP contribution in [0.1, 0.15) is 64.7 Å². The molecule has 0 aromatic heterocycles. The Labute approximate surface area is 217 Å². The number of amides is 3. The van der Waals surface area contributed by atoms with Crippen LogP contribution in [0.3, 0.4) is 0 Å². The smallest absolute Gasteiger partial charge is 0.329 e. The van der Waals surface area contributed by atoms with Gasteiger partial charge in [-0.15, -0.1) is 0 Å². The molecule has 0 radical (unpaired) electrons. The Morgan fingerprint density at radius 2 is 1.68 bits per heavy atom. The molecule has 0 saturated carbocycles. The van der Waals surface area contributed by atoms with Crippen LogP contribution in [0.15, 0.2) is 59.8 Å². The molecule has 3 amide bonds. The maximum Gasteiger partial charge on any atom is 0.329 e. The lowest BCUT2D eigenvalue weighted by molar-refractivity contribution is -0.163. The molecular weight excluding hydrogens is 472 g/mol. The van der Waals surface area contributed by atoms with Gasteiger partial charge in [-0.2, -0.15) is 0 Å². The van der Waals surface area contributed by atoms with Gasteiger partial charge < -0.3 is 20.6 Å². The Bertz CT molecular complexity index is 1170. The number of nitrogens with two attached hydrogens (primary N) is 1. The highest BCUT2D eigenvalue weighted by atomic mass is 16.6. The van der Waals surface area contributed by atoms with Crippen LogP contribution in [0.5, 0.6) is 0 Å². The highest BCUT2D eigenvalue weighted by Gasteiger charge is 2.58. The van der Waals surface area contributed by atoms with Gasteiger partial charge in [-0.1, -0.05) is 73.6 Å². The summed E-state index contributed by atoms with van der Waals surface area (Å²) < 4.78 is 5.64. The van der Waals surface area contributed by atoms with E-state index in [-0.39, 0.29) is 24.7 Å². The Kier molecular flexibility index (Phi) is 7.95. The van der Waals surface area contributed by atoms with Gasteiger partial charge in [-0.3, -0.25) is 4.79 Å². The Hall–Kier alpha value is -3.88. The van der Waals surface area contributed by atoms with Crippen LogP contribution in [-0.2, 0) is 26.4 Å². The molecule has 1 heterocycles. The van der Waals surface area contributed by atoms with E-state index in [0.29, 0.717) is 11.1 Å².